The molecule has 1 aromatic rings. The van der Waals surface area contributed by atoms with E-state index in [2.05, 4.69) is 0 Å². The Morgan fingerprint density at radius 2 is 2.10 bits per heavy atom. The van der Waals surface area contributed by atoms with Gasteiger partial charge in [0.15, 0.2) is 0 Å². The smallest absolute Gasteiger partial charge is 0.244 e. The molecule has 5 nitrogen and oxygen atoms in total. The van der Waals surface area contributed by atoms with Crippen LogP contribution in [0.5, 0.6) is 0 Å². The number of hydrogen-bond donors (Lipinski definition) is 1. The standard InChI is InChI=1S/C16H23N3O2/c1-11(12-6-4-7-13(17)10-12)15(20)19-9-5-8-14(19)16(21)18(2)3/h4,6-7,10-11,14H,5,8-9,17H2,1-3H3. The molecule has 2 rings (SSSR count). The van der Waals surface area contributed by atoms with E-state index in [9.17, 15) is 9.59 Å². The first kappa shape index (κ1) is 15.4. The molecule has 5 heteroatoms. The Morgan fingerprint density at radius 1 is 1.38 bits per heavy atom. The van der Waals surface area contributed by atoms with E-state index in [0.29, 0.717) is 12.2 Å². The average Bonchev–Trinajstić information content (AvgIpc) is 2.94. The molecule has 0 saturated carbocycles. The number of rotatable bonds is 3. The van der Waals surface area contributed by atoms with Gasteiger partial charge in [0, 0.05) is 26.3 Å². The zero-order valence-corrected chi connectivity index (χ0v) is 12.9. The number of hydrogen-bond acceptors (Lipinski definition) is 3. The number of benzene rings is 1. The molecule has 0 bridgehead atoms. The van der Waals surface area contributed by atoms with Crippen LogP contribution in [0.3, 0.4) is 0 Å². The van der Waals surface area contributed by atoms with Crippen molar-refractivity contribution in [2.75, 3.05) is 26.4 Å². The summed E-state index contributed by atoms with van der Waals surface area (Å²) >= 11 is 0. The van der Waals surface area contributed by atoms with Crippen molar-refractivity contribution in [2.24, 2.45) is 0 Å². The van der Waals surface area contributed by atoms with Gasteiger partial charge < -0.3 is 15.5 Å². The lowest BCUT2D eigenvalue weighted by molar-refractivity contribution is -0.142. The van der Waals surface area contributed by atoms with E-state index < -0.39 is 0 Å². The number of nitrogens with zero attached hydrogens (tertiary/aromatic N) is 2. The van der Waals surface area contributed by atoms with E-state index in [1.165, 1.54) is 0 Å². The Hall–Kier alpha value is -2.04. The Bertz CT molecular complexity index is 542. The first-order chi connectivity index (χ1) is 9.91. The van der Waals surface area contributed by atoms with Crippen LogP contribution in [0, 0.1) is 0 Å². The van der Waals surface area contributed by atoms with Crippen LogP contribution >= 0.6 is 0 Å². The first-order valence-corrected chi connectivity index (χ1v) is 7.29. The zero-order valence-electron chi connectivity index (χ0n) is 12.9. The molecule has 1 aromatic carbocycles. The second-order valence-electron chi connectivity index (χ2n) is 5.81. The van der Waals surface area contributed by atoms with Crippen LogP contribution in [-0.4, -0.2) is 48.3 Å². The van der Waals surface area contributed by atoms with Gasteiger partial charge in [0.05, 0.1) is 5.92 Å². The highest BCUT2D eigenvalue weighted by atomic mass is 16.2. The van der Waals surface area contributed by atoms with Gasteiger partial charge in [-0.05, 0) is 37.5 Å². The van der Waals surface area contributed by atoms with Crippen molar-refractivity contribution in [3.8, 4) is 0 Å². The van der Waals surface area contributed by atoms with Gasteiger partial charge in [-0.3, -0.25) is 9.59 Å². The van der Waals surface area contributed by atoms with E-state index in [-0.39, 0.29) is 23.8 Å². The molecule has 0 spiro atoms. The topological polar surface area (TPSA) is 66.6 Å². The SMILES string of the molecule is CC(C(=O)N1CCCC1C(=O)N(C)C)c1cccc(N)c1. The van der Waals surface area contributed by atoms with Gasteiger partial charge in [-0.1, -0.05) is 12.1 Å². The van der Waals surface area contributed by atoms with Gasteiger partial charge in [0.1, 0.15) is 6.04 Å². The third-order valence-electron chi connectivity index (χ3n) is 4.04. The molecule has 21 heavy (non-hydrogen) atoms. The number of nitrogens with two attached hydrogens (primary N) is 1. The summed E-state index contributed by atoms with van der Waals surface area (Å²) in [5.74, 6) is -0.289. The van der Waals surface area contributed by atoms with Crippen molar-refractivity contribution >= 4 is 17.5 Å². The summed E-state index contributed by atoms with van der Waals surface area (Å²) in [4.78, 5) is 28.2. The van der Waals surface area contributed by atoms with Crippen LogP contribution in [0.2, 0.25) is 0 Å². The summed E-state index contributed by atoms with van der Waals surface area (Å²) in [5, 5.41) is 0. The van der Waals surface area contributed by atoms with Gasteiger partial charge in [-0.2, -0.15) is 0 Å². The van der Waals surface area contributed by atoms with Crippen LogP contribution in [0.15, 0.2) is 24.3 Å². The van der Waals surface area contributed by atoms with E-state index in [4.69, 9.17) is 5.73 Å². The van der Waals surface area contributed by atoms with E-state index >= 15 is 0 Å². The second kappa shape index (κ2) is 6.16. The second-order valence-corrected chi connectivity index (χ2v) is 5.81. The maximum Gasteiger partial charge on any atom is 0.244 e. The molecule has 0 aromatic heterocycles. The molecule has 2 atom stereocenters. The lowest BCUT2D eigenvalue weighted by Crippen LogP contribution is -2.46. The van der Waals surface area contributed by atoms with Crippen LogP contribution in [0.1, 0.15) is 31.2 Å². The van der Waals surface area contributed by atoms with Crippen LogP contribution in [0.25, 0.3) is 0 Å². The molecule has 1 saturated heterocycles. The number of anilines is 1. The summed E-state index contributed by atoms with van der Waals surface area (Å²) in [6.45, 7) is 2.52. The molecule has 2 N–H and O–H groups in total. The van der Waals surface area contributed by atoms with Crippen molar-refractivity contribution in [3.05, 3.63) is 29.8 Å². The molecule has 1 heterocycles. The molecule has 1 aliphatic heterocycles. The molecule has 0 radical (unpaired) electrons. The predicted octanol–water partition coefficient (Wildman–Crippen LogP) is 1.45. The van der Waals surface area contributed by atoms with Gasteiger partial charge >= 0.3 is 0 Å². The van der Waals surface area contributed by atoms with Gasteiger partial charge in [0.25, 0.3) is 0 Å². The summed E-state index contributed by atoms with van der Waals surface area (Å²) in [7, 11) is 3.45. The van der Waals surface area contributed by atoms with Crippen LogP contribution in [0.4, 0.5) is 5.69 Å². The van der Waals surface area contributed by atoms with E-state index in [1.54, 1.807) is 30.0 Å². The third kappa shape index (κ3) is 3.17. The van der Waals surface area contributed by atoms with E-state index in [0.717, 1.165) is 18.4 Å². The molecule has 2 unspecified atom stereocenters. The van der Waals surface area contributed by atoms with E-state index in [1.807, 2.05) is 25.1 Å². The maximum atomic E-state index is 12.7. The molecule has 1 fully saturated rings. The number of likely N-dealkylation sites (N-methyl/N-ethyl adjacent to an activating group) is 1. The lowest BCUT2D eigenvalue weighted by atomic mass is 9.98. The predicted molar refractivity (Wildman–Crippen MR) is 82.7 cm³/mol. The number of nitrogen functional groups attached to an aromatic ring is 1. The normalized spacial score (nSPS) is 19.4. The highest BCUT2D eigenvalue weighted by Gasteiger charge is 2.36. The van der Waals surface area contributed by atoms with Crippen molar-refractivity contribution in [1.82, 2.24) is 9.80 Å². The molecule has 114 valence electrons. The Labute approximate surface area is 125 Å². The Morgan fingerprint density at radius 3 is 2.71 bits per heavy atom. The number of likely N-dealkylation sites (tertiary alicyclic amines) is 1. The average molecular weight is 289 g/mol. The lowest BCUT2D eigenvalue weighted by Gasteiger charge is -2.28. The number of carbonyl (C=O) groups excluding carboxylic acids is 2. The van der Waals surface area contributed by atoms with Gasteiger partial charge in [0.2, 0.25) is 11.8 Å². The minimum Gasteiger partial charge on any atom is -0.399 e. The first-order valence-electron chi connectivity index (χ1n) is 7.29. The summed E-state index contributed by atoms with van der Waals surface area (Å²) in [6, 6.07) is 7.05. The Kier molecular flexibility index (Phi) is 4.50. The summed E-state index contributed by atoms with van der Waals surface area (Å²) < 4.78 is 0. The molecule has 2 amide bonds. The highest BCUT2D eigenvalue weighted by Crippen LogP contribution is 2.26. The van der Waals surface area contributed by atoms with Crippen LogP contribution < -0.4 is 5.73 Å². The number of carbonyl (C=O) groups is 2. The van der Waals surface area contributed by atoms with Crippen molar-refractivity contribution in [1.29, 1.82) is 0 Å². The Balaban J connectivity index is 2.17. The third-order valence-corrected chi connectivity index (χ3v) is 4.04. The van der Waals surface area contributed by atoms with Crippen LogP contribution in [-0.2, 0) is 9.59 Å². The largest absolute Gasteiger partial charge is 0.399 e. The number of amides is 2. The fraction of sp³-hybridized carbons (Fsp3) is 0.500. The molecule has 0 aliphatic carbocycles. The van der Waals surface area contributed by atoms with Gasteiger partial charge in [-0.25, -0.2) is 0 Å². The maximum absolute atomic E-state index is 12.7. The minimum atomic E-state index is -0.323. The quantitative estimate of drug-likeness (QED) is 0.857. The molecule has 1 aliphatic rings. The summed E-state index contributed by atoms with van der Waals surface area (Å²) in [5.41, 5.74) is 7.32. The van der Waals surface area contributed by atoms with Crippen molar-refractivity contribution < 1.29 is 9.59 Å². The monoisotopic (exact) mass is 289 g/mol. The highest BCUT2D eigenvalue weighted by molar-refractivity contribution is 5.90. The molecular formula is C16H23N3O2. The fourth-order valence-electron chi connectivity index (χ4n) is 2.80. The summed E-state index contributed by atoms with van der Waals surface area (Å²) in [6.07, 6.45) is 1.62. The van der Waals surface area contributed by atoms with Crippen molar-refractivity contribution in [2.45, 2.75) is 31.7 Å². The minimum absolute atomic E-state index is 0.000579. The zero-order chi connectivity index (χ0) is 15.6. The van der Waals surface area contributed by atoms with Crippen molar-refractivity contribution in [3.63, 3.8) is 0 Å². The fourth-order valence-corrected chi connectivity index (χ4v) is 2.80. The van der Waals surface area contributed by atoms with Gasteiger partial charge in [-0.15, -0.1) is 0 Å². The molecular weight excluding hydrogens is 266 g/mol.